The van der Waals surface area contributed by atoms with Gasteiger partial charge >= 0.3 is 0 Å². The van der Waals surface area contributed by atoms with E-state index in [0.29, 0.717) is 5.92 Å². The van der Waals surface area contributed by atoms with E-state index in [-0.39, 0.29) is 23.9 Å². The highest BCUT2D eigenvalue weighted by Crippen LogP contribution is 2.37. The molecule has 3 nitrogen and oxygen atoms in total. The van der Waals surface area contributed by atoms with Crippen LogP contribution in [0.2, 0.25) is 0 Å². The lowest BCUT2D eigenvalue weighted by Crippen LogP contribution is -2.36. The van der Waals surface area contributed by atoms with Crippen molar-refractivity contribution in [2.24, 2.45) is 17.6 Å². The molecule has 1 fully saturated rings. The van der Waals surface area contributed by atoms with Crippen LogP contribution in [0.1, 0.15) is 43.0 Å². The number of thiophene rings is 1. The van der Waals surface area contributed by atoms with Gasteiger partial charge in [0, 0.05) is 10.9 Å². The maximum atomic E-state index is 12.4. The van der Waals surface area contributed by atoms with E-state index in [9.17, 15) is 4.79 Å². The van der Waals surface area contributed by atoms with Crippen LogP contribution >= 0.6 is 11.3 Å². The molecule has 108 valence electrons. The third kappa shape index (κ3) is 2.96. The van der Waals surface area contributed by atoms with Gasteiger partial charge in [0.05, 0.1) is 12.0 Å². The minimum absolute atomic E-state index is 0.0393. The largest absolute Gasteiger partial charge is 0.348 e. The Hall–Kier alpha value is -1.13. The summed E-state index contributed by atoms with van der Waals surface area (Å²) in [6, 6.07) is 4.44. The van der Waals surface area contributed by atoms with Gasteiger partial charge in [-0.15, -0.1) is 11.3 Å². The van der Waals surface area contributed by atoms with Crippen molar-refractivity contribution in [2.75, 3.05) is 0 Å². The second-order valence-electron chi connectivity index (χ2n) is 5.94. The predicted molar refractivity (Wildman–Crippen MR) is 82.4 cm³/mol. The maximum absolute atomic E-state index is 12.4. The summed E-state index contributed by atoms with van der Waals surface area (Å²) in [5, 5.41) is 5.38. The van der Waals surface area contributed by atoms with Crippen LogP contribution in [0.25, 0.3) is 0 Å². The van der Waals surface area contributed by atoms with Gasteiger partial charge in [0.2, 0.25) is 5.91 Å². The van der Waals surface area contributed by atoms with Crippen molar-refractivity contribution in [3.63, 3.8) is 0 Å². The van der Waals surface area contributed by atoms with Crippen molar-refractivity contribution in [1.82, 2.24) is 5.32 Å². The molecule has 3 unspecified atom stereocenters. The van der Waals surface area contributed by atoms with Gasteiger partial charge in [-0.05, 0) is 36.6 Å². The van der Waals surface area contributed by atoms with E-state index in [0.717, 1.165) is 6.42 Å². The van der Waals surface area contributed by atoms with Crippen LogP contribution in [0.5, 0.6) is 0 Å². The molecule has 0 aromatic carbocycles. The van der Waals surface area contributed by atoms with E-state index < -0.39 is 0 Å². The molecule has 0 saturated heterocycles. The first kappa shape index (κ1) is 13.8. The number of hydrogen-bond acceptors (Lipinski definition) is 3. The first-order valence-electron chi connectivity index (χ1n) is 7.51. The Labute approximate surface area is 124 Å². The fourth-order valence-electron chi connectivity index (χ4n) is 3.36. The Morgan fingerprint density at radius 3 is 2.75 bits per heavy atom. The summed E-state index contributed by atoms with van der Waals surface area (Å²) in [5.74, 6) is 0.685. The number of carbonyl (C=O) groups is 1. The molecule has 1 aromatic heterocycles. The molecule has 0 aliphatic heterocycles. The average molecular weight is 290 g/mol. The monoisotopic (exact) mass is 290 g/mol. The molecular weight excluding hydrogens is 268 g/mol. The van der Waals surface area contributed by atoms with Crippen LogP contribution in [-0.2, 0) is 4.79 Å². The SMILES string of the molecule is NC1C=CC(C(=O)NC(c2cccs2)C2CCCC2)C1. The van der Waals surface area contributed by atoms with Gasteiger partial charge in [-0.1, -0.05) is 31.1 Å². The fourth-order valence-corrected chi connectivity index (χ4v) is 4.23. The van der Waals surface area contributed by atoms with Gasteiger partial charge in [-0.3, -0.25) is 4.79 Å². The number of nitrogens with two attached hydrogens (primary N) is 1. The summed E-state index contributed by atoms with van der Waals surface area (Å²) in [6.07, 6.45) is 9.67. The molecule has 2 aliphatic rings. The molecule has 1 heterocycles. The van der Waals surface area contributed by atoms with E-state index in [2.05, 4.69) is 22.8 Å². The minimum atomic E-state index is -0.0473. The van der Waals surface area contributed by atoms with Gasteiger partial charge in [-0.25, -0.2) is 0 Å². The Balaban J connectivity index is 1.70. The summed E-state index contributed by atoms with van der Waals surface area (Å²) >= 11 is 1.75. The van der Waals surface area contributed by atoms with Crippen LogP contribution in [0, 0.1) is 11.8 Å². The summed E-state index contributed by atoms with van der Waals surface area (Å²) in [7, 11) is 0. The Morgan fingerprint density at radius 2 is 2.15 bits per heavy atom. The van der Waals surface area contributed by atoms with E-state index in [4.69, 9.17) is 5.73 Å². The number of nitrogens with one attached hydrogen (secondary N) is 1. The Morgan fingerprint density at radius 1 is 1.35 bits per heavy atom. The molecule has 3 rings (SSSR count). The molecule has 20 heavy (non-hydrogen) atoms. The second kappa shape index (κ2) is 6.10. The van der Waals surface area contributed by atoms with Crippen molar-refractivity contribution in [1.29, 1.82) is 0 Å². The van der Waals surface area contributed by atoms with Gasteiger partial charge in [0.15, 0.2) is 0 Å². The Bertz CT molecular complexity index is 477. The summed E-state index contributed by atoms with van der Waals surface area (Å²) in [6.45, 7) is 0. The van der Waals surface area contributed by atoms with Gasteiger partial charge in [0.25, 0.3) is 0 Å². The quantitative estimate of drug-likeness (QED) is 0.838. The molecule has 1 amide bonds. The summed E-state index contributed by atoms with van der Waals surface area (Å²) in [4.78, 5) is 13.7. The van der Waals surface area contributed by atoms with Crippen molar-refractivity contribution in [2.45, 2.75) is 44.2 Å². The van der Waals surface area contributed by atoms with Crippen molar-refractivity contribution in [3.8, 4) is 0 Å². The molecule has 1 aromatic rings. The van der Waals surface area contributed by atoms with Crippen LogP contribution < -0.4 is 11.1 Å². The predicted octanol–water partition coefficient (Wildman–Crippen LogP) is 3.00. The van der Waals surface area contributed by atoms with E-state index in [1.54, 1.807) is 11.3 Å². The first-order valence-corrected chi connectivity index (χ1v) is 8.39. The fraction of sp³-hybridized carbons (Fsp3) is 0.562. The normalized spacial score (nSPS) is 27.9. The highest BCUT2D eigenvalue weighted by molar-refractivity contribution is 7.10. The number of amides is 1. The van der Waals surface area contributed by atoms with Crippen LogP contribution in [-0.4, -0.2) is 11.9 Å². The summed E-state index contributed by atoms with van der Waals surface area (Å²) in [5.41, 5.74) is 5.85. The molecule has 0 radical (unpaired) electrons. The molecule has 0 bridgehead atoms. The molecular formula is C16H22N2OS. The minimum Gasteiger partial charge on any atom is -0.348 e. The maximum Gasteiger partial charge on any atom is 0.227 e. The van der Waals surface area contributed by atoms with Gasteiger partial charge < -0.3 is 11.1 Å². The first-order chi connectivity index (χ1) is 9.74. The van der Waals surface area contributed by atoms with Crippen molar-refractivity contribution >= 4 is 17.2 Å². The summed E-state index contributed by atoms with van der Waals surface area (Å²) < 4.78 is 0. The standard InChI is InChI=1S/C16H22N2OS/c17-13-8-7-12(10-13)16(19)18-15(11-4-1-2-5-11)14-6-3-9-20-14/h3,6-9,11-13,15H,1-2,4-5,10,17H2,(H,18,19). The van der Waals surface area contributed by atoms with Crippen molar-refractivity contribution < 1.29 is 4.79 Å². The molecule has 2 aliphatic carbocycles. The zero-order chi connectivity index (χ0) is 13.9. The molecule has 1 saturated carbocycles. The average Bonchev–Trinajstić information content (AvgIpc) is 3.17. The lowest BCUT2D eigenvalue weighted by Gasteiger charge is -2.25. The molecule has 4 heteroatoms. The van der Waals surface area contributed by atoms with Crippen LogP contribution in [0.15, 0.2) is 29.7 Å². The van der Waals surface area contributed by atoms with E-state index in [1.807, 2.05) is 12.2 Å². The van der Waals surface area contributed by atoms with E-state index >= 15 is 0 Å². The molecule has 3 atom stereocenters. The third-order valence-corrected chi connectivity index (χ3v) is 5.43. The van der Waals surface area contributed by atoms with Crippen LogP contribution in [0.3, 0.4) is 0 Å². The number of carbonyl (C=O) groups excluding carboxylic acids is 1. The zero-order valence-corrected chi connectivity index (χ0v) is 12.4. The second-order valence-corrected chi connectivity index (χ2v) is 6.92. The lowest BCUT2D eigenvalue weighted by molar-refractivity contribution is -0.124. The highest BCUT2D eigenvalue weighted by Gasteiger charge is 2.31. The highest BCUT2D eigenvalue weighted by atomic mass is 32.1. The van der Waals surface area contributed by atoms with E-state index in [1.165, 1.54) is 30.6 Å². The lowest BCUT2D eigenvalue weighted by atomic mass is 9.95. The van der Waals surface area contributed by atoms with Crippen LogP contribution in [0.4, 0.5) is 0 Å². The topological polar surface area (TPSA) is 55.1 Å². The van der Waals surface area contributed by atoms with Gasteiger partial charge in [0.1, 0.15) is 0 Å². The number of rotatable bonds is 4. The molecule has 3 N–H and O–H groups in total. The zero-order valence-electron chi connectivity index (χ0n) is 11.6. The number of hydrogen-bond donors (Lipinski definition) is 2. The smallest absolute Gasteiger partial charge is 0.227 e. The third-order valence-electron chi connectivity index (χ3n) is 4.47. The van der Waals surface area contributed by atoms with Gasteiger partial charge in [-0.2, -0.15) is 0 Å². The van der Waals surface area contributed by atoms with Crippen molar-refractivity contribution in [3.05, 3.63) is 34.5 Å². The Kier molecular flexibility index (Phi) is 4.22. The molecule has 0 spiro atoms.